The van der Waals surface area contributed by atoms with Gasteiger partial charge in [0.2, 0.25) is 0 Å². The number of rotatable bonds is 4. The molecule has 3 rings (SSSR count). The number of aryl methyl sites for hydroxylation is 1. The smallest absolute Gasteiger partial charge is 0.341 e. The molecule has 0 atom stereocenters. The second kappa shape index (κ2) is 8.57. The van der Waals surface area contributed by atoms with Gasteiger partial charge in [-0.15, -0.1) is 0 Å². The normalized spacial score (nSPS) is 15.0. The van der Waals surface area contributed by atoms with Crippen LogP contribution in [-0.4, -0.2) is 62.1 Å². The minimum atomic E-state index is -0.391. The number of aliphatic imine (C=N–C) groups is 1. The molecule has 1 N–H and O–H groups in total. The molecule has 3 heterocycles. The Hall–Kier alpha value is -3.03. The number of furan rings is 1. The molecular weight excluding hydrogens is 346 g/mol. The molecule has 8 nitrogen and oxygen atoms in total. The Morgan fingerprint density at radius 1 is 1.33 bits per heavy atom. The third kappa shape index (κ3) is 4.39. The third-order valence-corrected chi connectivity index (χ3v) is 4.56. The van der Waals surface area contributed by atoms with Gasteiger partial charge in [0.15, 0.2) is 5.96 Å². The number of aromatic nitrogens is 1. The van der Waals surface area contributed by atoms with Crippen LogP contribution in [0.2, 0.25) is 0 Å². The minimum absolute atomic E-state index is 0.391. The lowest BCUT2D eigenvalue weighted by Gasteiger charge is -2.37. The Morgan fingerprint density at radius 2 is 2.11 bits per heavy atom. The number of nitrogens with one attached hydrogen (secondary N) is 1. The summed E-state index contributed by atoms with van der Waals surface area (Å²) < 4.78 is 10.4. The van der Waals surface area contributed by atoms with E-state index >= 15 is 0 Å². The van der Waals surface area contributed by atoms with Gasteiger partial charge in [-0.2, -0.15) is 0 Å². The van der Waals surface area contributed by atoms with Crippen LogP contribution in [0, 0.1) is 6.92 Å². The molecule has 0 spiro atoms. The maximum atomic E-state index is 11.7. The predicted octanol–water partition coefficient (Wildman–Crippen LogP) is 1.67. The summed E-state index contributed by atoms with van der Waals surface area (Å²) in [5, 5.41) is 3.30. The Morgan fingerprint density at radius 3 is 2.74 bits per heavy atom. The molecule has 2 aromatic heterocycles. The van der Waals surface area contributed by atoms with Crippen LogP contribution < -0.4 is 10.2 Å². The summed E-state index contributed by atoms with van der Waals surface area (Å²) in [6, 6.07) is 7.66. The molecule has 8 heteroatoms. The fourth-order valence-corrected chi connectivity index (χ4v) is 3.13. The number of ether oxygens (including phenoxy) is 1. The van der Waals surface area contributed by atoms with Crippen LogP contribution >= 0.6 is 0 Å². The topological polar surface area (TPSA) is 83.2 Å². The number of anilines is 1. The van der Waals surface area contributed by atoms with E-state index < -0.39 is 5.97 Å². The van der Waals surface area contributed by atoms with E-state index in [-0.39, 0.29) is 0 Å². The van der Waals surface area contributed by atoms with Gasteiger partial charge in [0.1, 0.15) is 22.9 Å². The van der Waals surface area contributed by atoms with Crippen molar-refractivity contribution in [1.82, 2.24) is 15.2 Å². The van der Waals surface area contributed by atoms with E-state index in [1.165, 1.54) is 7.11 Å². The van der Waals surface area contributed by atoms with E-state index in [2.05, 4.69) is 25.1 Å². The zero-order valence-corrected chi connectivity index (χ0v) is 15.9. The Balaban J connectivity index is 1.55. The second-order valence-electron chi connectivity index (χ2n) is 6.24. The first-order valence-electron chi connectivity index (χ1n) is 8.91. The lowest BCUT2D eigenvalue weighted by molar-refractivity contribution is 0.0599. The largest absolute Gasteiger partial charge is 0.465 e. The molecule has 1 saturated heterocycles. The molecule has 0 unspecified atom stereocenters. The molecule has 0 aromatic carbocycles. The standard InChI is InChI=1S/C19H25N5O3/c1-14-16(18(25)26-3)12-15(27-14)13-22-19(20-2)24-10-8-23(9-11-24)17-6-4-5-7-21-17/h4-7,12H,8-11,13H2,1-3H3,(H,20,22). The van der Waals surface area contributed by atoms with Crippen LogP contribution in [0.15, 0.2) is 39.9 Å². The molecule has 0 saturated carbocycles. The summed E-state index contributed by atoms with van der Waals surface area (Å²) >= 11 is 0. The van der Waals surface area contributed by atoms with E-state index in [9.17, 15) is 4.79 Å². The number of hydrogen-bond acceptors (Lipinski definition) is 6. The minimum Gasteiger partial charge on any atom is -0.465 e. The van der Waals surface area contributed by atoms with Crippen molar-refractivity contribution in [2.45, 2.75) is 13.5 Å². The maximum Gasteiger partial charge on any atom is 0.341 e. The molecule has 144 valence electrons. The highest BCUT2D eigenvalue weighted by molar-refractivity contribution is 5.90. The van der Waals surface area contributed by atoms with Crippen molar-refractivity contribution in [3.05, 3.63) is 47.5 Å². The van der Waals surface area contributed by atoms with Crippen LogP contribution in [-0.2, 0) is 11.3 Å². The van der Waals surface area contributed by atoms with Crippen LogP contribution in [0.1, 0.15) is 21.9 Å². The SMILES string of the molecule is CN=C(NCc1cc(C(=O)OC)c(C)o1)N1CCN(c2ccccn2)CC1. The molecule has 2 aromatic rings. The molecule has 1 fully saturated rings. The van der Waals surface area contributed by atoms with Crippen molar-refractivity contribution in [3.63, 3.8) is 0 Å². The van der Waals surface area contributed by atoms with Gasteiger partial charge in [-0.25, -0.2) is 9.78 Å². The van der Waals surface area contributed by atoms with Gasteiger partial charge in [0, 0.05) is 39.4 Å². The lowest BCUT2D eigenvalue weighted by Crippen LogP contribution is -2.52. The zero-order chi connectivity index (χ0) is 19.2. The van der Waals surface area contributed by atoms with Crippen LogP contribution in [0.3, 0.4) is 0 Å². The van der Waals surface area contributed by atoms with E-state index in [0.29, 0.717) is 23.6 Å². The van der Waals surface area contributed by atoms with Crippen molar-refractivity contribution in [1.29, 1.82) is 0 Å². The van der Waals surface area contributed by atoms with Gasteiger partial charge in [0.25, 0.3) is 0 Å². The van der Waals surface area contributed by atoms with Gasteiger partial charge in [-0.05, 0) is 25.1 Å². The Kier molecular flexibility index (Phi) is 5.95. The van der Waals surface area contributed by atoms with Crippen LogP contribution in [0.4, 0.5) is 5.82 Å². The summed E-state index contributed by atoms with van der Waals surface area (Å²) in [6.45, 7) is 5.65. The van der Waals surface area contributed by atoms with Gasteiger partial charge in [-0.3, -0.25) is 4.99 Å². The molecular formula is C19H25N5O3. The van der Waals surface area contributed by atoms with Crippen molar-refractivity contribution in [3.8, 4) is 0 Å². The molecule has 0 radical (unpaired) electrons. The van der Waals surface area contributed by atoms with Crippen molar-refractivity contribution >= 4 is 17.7 Å². The number of esters is 1. The number of hydrogen-bond donors (Lipinski definition) is 1. The zero-order valence-electron chi connectivity index (χ0n) is 15.9. The Bertz CT molecular complexity index is 795. The first kappa shape index (κ1) is 18.8. The quantitative estimate of drug-likeness (QED) is 0.497. The van der Waals surface area contributed by atoms with E-state index in [4.69, 9.17) is 9.15 Å². The third-order valence-electron chi connectivity index (χ3n) is 4.56. The predicted molar refractivity (Wildman–Crippen MR) is 103 cm³/mol. The maximum absolute atomic E-state index is 11.7. The van der Waals surface area contributed by atoms with E-state index in [1.54, 1.807) is 20.0 Å². The van der Waals surface area contributed by atoms with E-state index in [1.807, 2.05) is 24.4 Å². The first-order chi connectivity index (χ1) is 13.1. The summed E-state index contributed by atoms with van der Waals surface area (Å²) in [7, 11) is 3.12. The number of nitrogens with zero attached hydrogens (tertiary/aromatic N) is 4. The summed E-state index contributed by atoms with van der Waals surface area (Å²) in [6.07, 6.45) is 1.82. The summed E-state index contributed by atoms with van der Waals surface area (Å²) in [5.74, 6) is 2.64. The molecule has 0 aliphatic carbocycles. The number of piperazine rings is 1. The second-order valence-corrected chi connectivity index (χ2v) is 6.24. The number of methoxy groups -OCH3 is 1. The Labute approximate surface area is 158 Å². The lowest BCUT2D eigenvalue weighted by atomic mass is 10.2. The highest BCUT2D eigenvalue weighted by Crippen LogP contribution is 2.16. The highest BCUT2D eigenvalue weighted by atomic mass is 16.5. The molecule has 1 aliphatic rings. The molecule has 1 aliphatic heterocycles. The van der Waals surface area contributed by atoms with Crippen LogP contribution in [0.5, 0.6) is 0 Å². The average Bonchev–Trinajstić information content (AvgIpc) is 3.09. The van der Waals surface area contributed by atoms with Gasteiger partial charge >= 0.3 is 5.97 Å². The first-order valence-corrected chi connectivity index (χ1v) is 8.91. The van der Waals surface area contributed by atoms with Crippen molar-refractivity contribution < 1.29 is 13.9 Å². The fraction of sp³-hybridized carbons (Fsp3) is 0.421. The number of carbonyl (C=O) groups is 1. The average molecular weight is 371 g/mol. The number of carbonyl (C=O) groups excluding carboxylic acids is 1. The number of pyridine rings is 1. The molecule has 27 heavy (non-hydrogen) atoms. The van der Waals surface area contributed by atoms with Gasteiger partial charge in [-0.1, -0.05) is 6.07 Å². The fourth-order valence-electron chi connectivity index (χ4n) is 3.13. The molecule has 0 bridgehead atoms. The highest BCUT2D eigenvalue weighted by Gasteiger charge is 2.21. The van der Waals surface area contributed by atoms with E-state index in [0.717, 1.165) is 38.0 Å². The van der Waals surface area contributed by atoms with Crippen LogP contribution in [0.25, 0.3) is 0 Å². The van der Waals surface area contributed by atoms with Gasteiger partial charge in [0.05, 0.1) is 13.7 Å². The van der Waals surface area contributed by atoms with Gasteiger partial charge < -0.3 is 24.3 Å². The summed E-state index contributed by atoms with van der Waals surface area (Å²) in [4.78, 5) is 24.9. The number of guanidine groups is 1. The summed E-state index contributed by atoms with van der Waals surface area (Å²) in [5.41, 5.74) is 0.452. The molecule has 0 amide bonds. The monoisotopic (exact) mass is 371 g/mol. The van der Waals surface area contributed by atoms with Crippen molar-refractivity contribution in [2.24, 2.45) is 4.99 Å². The van der Waals surface area contributed by atoms with Crippen molar-refractivity contribution in [2.75, 3.05) is 45.2 Å².